The molecule has 1 aromatic rings. The topological polar surface area (TPSA) is 44.1 Å². The van der Waals surface area contributed by atoms with E-state index in [1.807, 2.05) is 6.92 Å². The van der Waals surface area contributed by atoms with Crippen molar-refractivity contribution in [1.29, 1.82) is 0 Å². The molecule has 1 aliphatic carbocycles. The number of aromatic nitrogens is 2. The zero-order valence-corrected chi connectivity index (χ0v) is 7.78. The molecule has 1 saturated carbocycles. The second-order valence-electron chi connectivity index (χ2n) is 3.40. The fraction of sp³-hybridized carbons (Fsp3) is 0.556. The van der Waals surface area contributed by atoms with Crippen LogP contribution in [0.15, 0.2) is 6.07 Å². The van der Waals surface area contributed by atoms with Gasteiger partial charge in [0.1, 0.15) is 11.8 Å². The van der Waals surface area contributed by atoms with Crippen LogP contribution in [0.5, 0.6) is 0 Å². The molecule has 1 fully saturated rings. The van der Waals surface area contributed by atoms with Gasteiger partial charge in [-0.3, -0.25) is 4.68 Å². The maximum atomic E-state index is 11.4. The standard InChI is InChI=1S/C9H12N2O2/c1-6-5-8(11(2)10-6)9(12)13-7-3-4-7/h5,7H,3-4H2,1-2H3. The molecule has 0 saturated heterocycles. The number of esters is 1. The normalized spacial score (nSPS) is 15.8. The Morgan fingerprint density at radius 1 is 1.69 bits per heavy atom. The van der Waals surface area contributed by atoms with Gasteiger partial charge in [-0.1, -0.05) is 0 Å². The van der Waals surface area contributed by atoms with Gasteiger partial charge in [-0.2, -0.15) is 5.10 Å². The Hall–Kier alpha value is -1.32. The second kappa shape index (κ2) is 2.87. The van der Waals surface area contributed by atoms with E-state index in [0.29, 0.717) is 5.69 Å². The Bertz CT molecular complexity index is 339. The lowest BCUT2D eigenvalue weighted by atomic mass is 10.4. The Morgan fingerprint density at radius 2 is 2.38 bits per heavy atom. The van der Waals surface area contributed by atoms with E-state index in [1.165, 1.54) is 0 Å². The van der Waals surface area contributed by atoms with Gasteiger partial charge in [0.15, 0.2) is 0 Å². The van der Waals surface area contributed by atoms with Crippen molar-refractivity contribution in [2.24, 2.45) is 7.05 Å². The quantitative estimate of drug-likeness (QED) is 0.639. The van der Waals surface area contributed by atoms with Crippen molar-refractivity contribution in [3.05, 3.63) is 17.5 Å². The molecule has 0 atom stereocenters. The summed E-state index contributed by atoms with van der Waals surface area (Å²) in [5, 5.41) is 4.08. The van der Waals surface area contributed by atoms with E-state index >= 15 is 0 Å². The number of hydrogen-bond donors (Lipinski definition) is 0. The highest BCUT2D eigenvalue weighted by Crippen LogP contribution is 2.24. The first-order valence-electron chi connectivity index (χ1n) is 4.38. The third-order valence-electron chi connectivity index (χ3n) is 2.01. The van der Waals surface area contributed by atoms with Crippen LogP contribution in [-0.2, 0) is 11.8 Å². The molecule has 0 N–H and O–H groups in total. The highest BCUT2D eigenvalue weighted by molar-refractivity contribution is 5.87. The van der Waals surface area contributed by atoms with Crippen LogP contribution in [-0.4, -0.2) is 21.9 Å². The molecule has 0 amide bonds. The summed E-state index contributed by atoms with van der Waals surface area (Å²) in [6.45, 7) is 1.86. The minimum Gasteiger partial charge on any atom is -0.458 e. The fourth-order valence-electron chi connectivity index (χ4n) is 1.20. The van der Waals surface area contributed by atoms with Crippen molar-refractivity contribution in [2.45, 2.75) is 25.9 Å². The molecule has 0 bridgehead atoms. The van der Waals surface area contributed by atoms with Gasteiger partial charge in [-0.25, -0.2) is 4.79 Å². The van der Waals surface area contributed by atoms with Gasteiger partial charge in [0.25, 0.3) is 0 Å². The average molecular weight is 180 g/mol. The van der Waals surface area contributed by atoms with Crippen LogP contribution in [0, 0.1) is 6.92 Å². The zero-order valence-electron chi connectivity index (χ0n) is 7.78. The predicted octanol–water partition coefficient (Wildman–Crippen LogP) is 1.05. The van der Waals surface area contributed by atoms with Crippen LogP contribution < -0.4 is 0 Å². The van der Waals surface area contributed by atoms with E-state index in [0.717, 1.165) is 18.5 Å². The van der Waals surface area contributed by atoms with E-state index in [1.54, 1.807) is 17.8 Å². The highest BCUT2D eigenvalue weighted by atomic mass is 16.5. The summed E-state index contributed by atoms with van der Waals surface area (Å²) in [5.74, 6) is -0.259. The lowest BCUT2D eigenvalue weighted by Crippen LogP contribution is -2.11. The number of carbonyl (C=O) groups is 1. The number of aryl methyl sites for hydroxylation is 2. The summed E-state index contributed by atoms with van der Waals surface area (Å²) in [7, 11) is 1.75. The second-order valence-corrected chi connectivity index (χ2v) is 3.40. The van der Waals surface area contributed by atoms with Gasteiger partial charge in [0.2, 0.25) is 0 Å². The van der Waals surface area contributed by atoms with Crippen molar-refractivity contribution in [2.75, 3.05) is 0 Å². The number of ether oxygens (including phenoxy) is 1. The molecule has 1 aromatic heterocycles. The molecule has 1 aliphatic rings. The molecular weight excluding hydrogens is 168 g/mol. The van der Waals surface area contributed by atoms with E-state index in [2.05, 4.69) is 5.10 Å². The van der Waals surface area contributed by atoms with E-state index in [4.69, 9.17) is 4.74 Å². The summed E-state index contributed by atoms with van der Waals surface area (Å²) in [5.41, 5.74) is 1.37. The summed E-state index contributed by atoms with van der Waals surface area (Å²) < 4.78 is 6.70. The lowest BCUT2D eigenvalue weighted by Gasteiger charge is -2.01. The highest BCUT2D eigenvalue weighted by Gasteiger charge is 2.27. The van der Waals surface area contributed by atoms with Crippen molar-refractivity contribution in [3.63, 3.8) is 0 Å². The van der Waals surface area contributed by atoms with Crippen LogP contribution in [0.3, 0.4) is 0 Å². The van der Waals surface area contributed by atoms with Crippen LogP contribution in [0.4, 0.5) is 0 Å². The molecule has 4 heteroatoms. The molecule has 4 nitrogen and oxygen atoms in total. The summed E-state index contributed by atoms with van der Waals surface area (Å²) in [4.78, 5) is 11.4. The number of rotatable bonds is 2. The van der Waals surface area contributed by atoms with Crippen molar-refractivity contribution < 1.29 is 9.53 Å². The molecule has 0 unspecified atom stereocenters. The molecule has 13 heavy (non-hydrogen) atoms. The first-order chi connectivity index (χ1) is 6.16. The fourth-order valence-corrected chi connectivity index (χ4v) is 1.20. The van der Waals surface area contributed by atoms with Crippen molar-refractivity contribution >= 4 is 5.97 Å². The Kier molecular flexibility index (Phi) is 1.83. The Labute approximate surface area is 76.5 Å². The molecule has 1 heterocycles. The molecule has 0 radical (unpaired) electrons. The lowest BCUT2D eigenvalue weighted by molar-refractivity contribution is 0.0459. The summed E-state index contributed by atoms with van der Waals surface area (Å²) in [6.07, 6.45) is 2.16. The monoisotopic (exact) mass is 180 g/mol. The Morgan fingerprint density at radius 3 is 2.85 bits per heavy atom. The van der Waals surface area contributed by atoms with Crippen molar-refractivity contribution in [3.8, 4) is 0 Å². The zero-order chi connectivity index (χ0) is 9.42. The average Bonchev–Trinajstić information content (AvgIpc) is 2.77. The van der Waals surface area contributed by atoms with Crippen LogP contribution >= 0.6 is 0 Å². The maximum Gasteiger partial charge on any atom is 0.356 e. The van der Waals surface area contributed by atoms with Gasteiger partial charge in [-0.05, 0) is 25.8 Å². The van der Waals surface area contributed by atoms with Gasteiger partial charge in [0, 0.05) is 7.05 Å². The largest absolute Gasteiger partial charge is 0.458 e. The van der Waals surface area contributed by atoms with Gasteiger partial charge in [0.05, 0.1) is 5.69 Å². The minimum absolute atomic E-state index is 0.155. The van der Waals surface area contributed by atoms with Crippen LogP contribution in [0.2, 0.25) is 0 Å². The molecule has 2 rings (SSSR count). The first-order valence-corrected chi connectivity index (χ1v) is 4.38. The maximum absolute atomic E-state index is 11.4. The molecule has 70 valence electrons. The third-order valence-corrected chi connectivity index (χ3v) is 2.01. The number of carbonyl (C=O) groups excluding carboxylic acids is 1. The number of hydrogen-bond acceptors (Lipinski definition) is 3. The Balaban J connectivity index is 2.13. The summed E-state index contributed by atoms with van der Waals surface area (Å²) in [6, 6.07) is 1.74. The molecular formula is C9H12N2O2. The van der Waals surface area contributed by atoms with Crippen LogP contribution in [0.1, 0.15) is 29.0 Å². The van der Waals surface area contributed by atoms with E-state index in [-0.39, 0.29) is 12.1 Å². The predicted molar refractivity (Wildman–Crippen MR) is 46.4 cm³/mol. The minimum atomic E-state index is -0.259. The molecule has 0 aliphatic heterocycles. The van der Waals surface area contributed by atoms with Gasteiger partial charge < -0.3 is 4.74 Å². The van der Waals surface area contributed by atoms with E-state index < -0.39 is 0 Å². The SMILES string of the molecule is Cc1cc(C(=O)OC2CC2)n(C)n1. The summed E-state index contributed by atoms with van der Waals surface area (Å²) >= 11 is 0. The molecule has 0 aromatic carbocycles. The van der Waals surface area contributed by atoms with Gasteiger partial charge >= 0.3 is 5.97 Å². The smallest absolute Gasteiger partial charge is 0.356 e. The third kappa shape index (κ3) is 1.71. The van der Waals surface area contributed by atoms with Crippen molar-refractivity contribution in [1.82, 2.24) is 9.78 Å². The van der Waals surface area contributed by atoms with Gasteiger partial charge in [-0.15, -0.1) is 0 Å². The first kappa shape index (κ1) is 8.29. The van der Waals surface area contributed by atoms with Crippen LogP contribution in [0.25, 0.3) is 0 Å². The molecule has 0 spiro atoms. The van der Waals surface area contributed by atoms with E-state index in [9.17, 15) is 4.79 Å². The number of nitrogens with zero attached hydrogens (tertiary/aromatic N) is 2.